The van der Waals surface area contributed by atoms with Crippen molar-refractivity contribution in [2.24, 2.45) is 0 Å². The predicted octanol–water partition coefficient (Wildman–Crippen LogP) is 1.59. The molecule has 5 heteroatoms. The van der Waals surface area contributed by atoms with Gasteiger partial charge in [-0.05, 0) is 31.2 Å². The quantitative estimate of drug-likeness (QED) is 0.829. The molecular weight excluding hydrogens is 268 g/mol. The van der Waals surface area contributed by atoms with Gasteiger partial charge in [0.05, 0.1) is 13.2 Å². The number of benzene rings is 1. The predicted molar refractivity (Wildman–Crippen MR) is 81.4 cm³/mol. The number of carbonyl (C=O) groups is 1. The highest BCUT2D eigenvalue weighted by Crippen LogP contribution is 2.19. The van der Waals surface area contributed by atoms with Crippen LogP contribution in [0.5, 0.6) is 5.75 Å². The number of nitrogens with zero attached hydrogens (tertiary/aromatic N) is 1. The summed E-state index contributed by atoms with van der Waals surface area (Å²) < 4.78 is 10.7. The lowest BCUT2D eigenvalue weighted by molar-refractivity contribution is -0.143. The molecule has 5 nitrogen and oxygen atoms in total. The third-order valence-corrected chi connectivity index (χ3v) is 3.59. The number of rotatable bonds is 7. The van der Waals surface area contributed by atoms with Crippen molar-refractivity contribution >= 4 is 5.91 Å². The number of ether oxygens (including phenoxy) is 2. The molecule has 116 valence electrons. The van der Waals surface area contributed by atoms with Crippen molar-refractivity contribution in [3.63, 3.8) is 0 Å². The van der Waals surface area contributed by atoms with Gasteiger partial charge in [0, 0.05) is 19.1 Å². The molecule has 2 rings (SSSR count). The molecular formula is C16H24N2O3. The van der Waals surface area contributed by atoms with Gasteiger partial charge in [-0.25, -0.2) is 0 Å². The summed E-state index contributed by atoms with van der Waals surface area (Å²) >= 11 is 0. The van der Waals surface area contributed by atoms with E-state index in [2.05, 4.69) is 24.4 Å². The Labute approximate surface area is 126 Å². The summed E-state index contributed by atoms with van der Waals surface area (Å²) in [5.41, 5.74) is 1.15. The molecule has 0 radical (unpaired) electrons. The Balaban J connectivity index is 1.98. The van der Waals surface area contributed by atoms with Crippen LogP contribution in [0.1, 0.15) is 24.9 Å². The Morgan fingerprint density at radius 1 is 1.38 bits per heavy atom. The molecule has 1 aromatic rings. The van der Waals surface area contributed by atoms with Crippen molar-refractivity contribution in [3.05, 3.63) is 29.8 Å². The van der Waals surface area contributed by atoms with Crippen LogP contribution in [0.2, 0.25) is 0 Å². The molecule has 1 aliphatic heterocycles. The fraction of sp³-hybridized carbons (Fsp3) is 0.562. The van der Waals surface area contributed by atoms with E-state index in [1.165, 1.54) is 0 Å². The normalized spacial score (nSPS) is 16.9. The van der Waals surface area contributed by atoms with E-state index >= 15 is 0 Å². The van der Waals surface area contributed by atoms with E-state index < -0.39 is 0 Å². The lowest BCUT2D eigenvalue weighted by atomic mass is 10.1. The van der Waals surface area contributed by atoms with Crippen molar-refractivity contribution in [1.29, 1.82) is 0 Å². The van der Waals surface area contributed by atoms with Crippen LogP contribution >= 0.6 is 0 Å². The van der Waals surface area contributed by atoms with E-state index in [0.29, 0.717) is 19.7 Å². The molecule has 1 heterocycles. The maximum Gasteiger partial charge on any atom is 0.248 e. The zero-order valence-corrected chi connectivity index (χ0v) is 12.8. The van der Waals surface area contributed by atoms with Crippen LogP contribution in [-0.4, -0.2) is 50.8 Å². The Hall–Kier alpha value is -1.59. The number of morpholine rings is 1. The highest BCUT2D eigenvalue weighted by atomic mass is 16.5. The molecule has 21 heavy (non-hydrogen) atoms. The minimum Gasteiger partial charge on any atom is -0.494 e. The van der Waals surface area contributed by atoms with E-state index in [-0.39, 0.29) is 18.6 Å². The highest BCUT2D eigenvalue weighted by molar-refractivity contribution is 5.78. The number of nitrogens with one attached hydrogen (secondary N) is 1. The zero-order valence-electron chi connectivity index (χ0n) is 12.8. The number of hydrogen-bond acceptors (Lipinski definition) is 4. The van der Waals surface area contributed by atoms with Crippen LogP contribution in [0, 0.1) is 0 Å². The molecule has 1 atom stereocenters. The molecule has 1 saturated heterocycles. The van der Waals surface area contributed by atoms with Gasteiger partial charge in [-0.15, -0.1) is 0 Å². The summed E-state index contributed by atoms with van der Waals surface area (Å²) in [6.45, 7) is 4.95. The lowest BCUT2D eigenvalue weighted by Crippen LogP contribution is -2.45. The summed E-state index contributed by atoms with van der Waals surface area (Å²) in [7, 11) is 1.91. The van der Waals surface area contributed by atoms with Gasteiger partial charge in [0.1, 0.15) is 12.4 Å². The van der Waals surface area contributed by atoms with Crippen molar-refractivity contribution < 1.29 is 14.3 Å². The fourth-order valence-electron chi connectivity index (χ4n) is 2.34. The van der Waals surface area contributed by atoms with E-state index in [1.54, 1.807) is 0 Å². The first kappa shape index (κ1) is 15.8. The summed E-state index contributed by atoms with van der Waals surface area (Å²) in [5.74, 6) is 0.947. The minimum atomic E-state index is 0.0596. The topological polar surface area (TPSA) is 50.8 Å². The van der Waals surface area contributed by atoms with Crippen LogP contribution in [0.25, 0.3) is 0 Å². The van der Waals surface area contributed by atoms with Crippen LogP contribution < -0.4 is 10.1 Å². The van der Waals surface area contributed by atoms with E-state index in [4.69, 9.17) is 9.47 Å². The van der Waals surface area contributed by atoms with Crippen molar-refractivity contribution in [3.8, 4) is 5.75 Å². The maximum atomic E-state index is 11.8. The number of likely N-dealkylation sites (N-methyl/N-ethyl adjacent to an activating group) is 1. The molecule has 1 fully saturated rings. The molecule has 1 aromatic carbocycles. The molecule has 1 N–H and O–H groups in total. The van der Waals surface area contributed by atoms with Crippen LogP contribution in [-0.2, 0) is 9.53 Å². The molecule has 0 spiro atoms. The van der Waals surface area contributed by atoms with E-state index in [0.717, 1.165) is 24.3 Å². The zero-order chi connectivity index (χ0) is 15.1. The molecule has 1 amide bonds. The largest absolute Gasteiger partial charge is 0.494 e. The van der Waals surface area contributed by atoms with E-state index in [1.807, 2.05) is 24.1 Å². The SMILES string of the molecule is CCCOc1ccc(C(CN2CCOCC2=O)NC)cc1. The smallest absolute Gasteiger partial charge is 0.248 e. The first-order valence-corrected chi connectivity index (χ1v) is 7.50. The summed E-state index contributed by atoms with van der Waals surface area (Å²) in [6.07, 6.45) is 1.00. The second-order valence-electron chi connectivity index (χ2n) is 5.15. The highest BCUT2D eigenvalue weighted by Gasteiger charge is 2.22. The first-order valence-electron chi connectivity index (χ1n) is 7.50. The monoisotopic (exact) mass is 292 g/mol. The minimum absolute atomic E-state index is 0.0596. The molecule has 0 bridgehead atoms. The van der Waals surface area contributed by atoms with Crippen LogP contribution in [0.4, 0.5) is 0 Å². The molecule has 1 aliphatic rings. The van der Waals surface area contributed by atoms with Crippen molar-refractivity contribution in [2.45, 2.75) is 19.4 Å². The molecule has 0 aliphatic carbocycles. The molecule has 1 unspecified atom stereocenters. The van der Waals surface area contributed by atoms with Crippen molar-refractivity contribution in [1.82, 2.24) is 10.2 Å². The van der Waals surface area contributed by atoms with Gasteiger partial charge in [-0.3, -0.25) is 4.79 Å². The van der Waals surface area contributed by atoms with Gasteiger partial charge in [0.2, 0.25) is 5.91 Å². The molecule has 0 saturated carbocycles. The summed E-state index contributed by atoms with van der Waals surface area (Å²) in [4.78, 5) is 13.7. The van der Waals surface area contributed by atoms with Gasteiger partial charge in [0.15, 0.2) is 0 Å². The maximum absolute atomic E-state index is 11.8. The third-order valence-electron chi connectivity index (χ3n) is 3.59. The second-order valence-corrected chi connectivity index (χ2v) is 5.15. The number of hydrogen-bond donors (Lipinski definition) is 1. The standard InChI is InChI=1S/C16H24N2O3/c1-3-9-21-14-6-4-13(5-7-14)15(17-2)11-18-8-10-20-12-16(18)19/h4-7,15,17H,3,8-12H2,1-2H3. The fourth-order valence-corrected chi connectivity index (χ4v) is 2.34. The average Bonchev–Trinajstić information content (AvgIpc) is 2.53. The third kappa shape index (κ3) is 4.44. The Kier molecular flexibility index (Phi) is 6.02. The average molecular weight is 292 g/mol. The number of amides is 1. The van der Waals surface area contributed by atoms with Gasteiger partial charge >= 0.3 is 0 Å². The van der Waals surface area contributed by atoms with Gasteiger partial charge < -0.3 is 19.7 Å². The summed E-state index contributed by atoms with van der Waals surface area (Å²) in [6, 6.07) is 8.19. The Morgan fingerprint density at radius 2 is 2.14 bits per heavy atom. The Bertz CT molecular complexity index is 447. The Morgan fingerprint density at radius 3 is 2.76 bits per heavy atom. The van der Waals surface area contributed by atoms with Crippen molar-refractivity contribution in [2.75, 3.05) is 40.0 Å². The van der Waals surface area contributed by atoms with Crippen LogP contribution in [0.3, 0.4) is 0 Å². The number of carbonyl (C=O) groups excluding carboxylic acids is 1. The second kappa shape index (κ2) is 8.00. The molecule has 0 aromatic heterocycles. The first-order chi connectivity index (χ1) is 10.2. The van der Waals surface area contributed by atoms with Gasteiger partial charge in [-0.2, -0.15) is 0 Å². The summed E-state index contributed by atoms with van der Waals surface area (Å²) in [5, 5.41) is 3.27. The van der Waals surface area contributed by atoms with Gasteiger partial charge in [-0.1, -0.05) is 19.1 Å². The van der Waals surface area contributed by atoms with Crippen LogP contribution in [0.15, 0.2) is 24.3 Å². The van der Waals surface area contributed by atoms with E-state index in [9.17, 15) is 4.79 Å². The lowest BCUT2D eigenvalue weighted by Gasteiger charge is -2.30. The van der Waals surface area contributed by atoms with Gasteiger partial charge in [0.25, 0.3) is 0 Å².